The van der Waals surface area contributed by atoms with Crippen LogP contribution in [-0.2, 0) is 4.79 Å². The van der Waals surface area contributed by atoms with E-state index in [-0.39, 0.29) is 11.8 Å². The Morgan fingerprint density at radius 1 is 1.71 bits per heavy atom. The molecule has 0 aliphatic heterocycles. The zero-order valence-electron chi connectivity index (χ0n) is 8.83. The fourth-order valence-corrected chi connectivity index (χ4v) is 1.87. The number of nitrogens with zero attached hydrogens (tertiary/aromatic N) is 1. The van der Waals surface area contributed by atoms with Crippen LogP contribution < -0.4 is 5.32 Å². The van der Waals surface area contributed by atoms with Gasteiger partial charge in [-0.3, -0.25) is 4.79 Å². The van der Waals surface area contributed by atoms with E-state index in [4.69, 9.17) is 0 Å². The van der Waals surface area contributed by atoms with Crippen LogP contribution in [0.2, 0.25) is 0 Å². The van der Waals surface area contributed by atoms with Crippen LogP contribution in [0.25, 0.3) is 0 Å². The maximum Gasteiger partial charge on any atom is 0.228 e. The van der Waals surface area contributed by atoms with E-state index in [1.807, 2.05) is 13.8 Å². The quantitative estimate of drug-likeness (QED) is 0.833. The molecule has 3 nitrogen and oxygen atoms in total. The number of aromatic nitrogens is 1. The standard InChI is InChI=1S/C10H16N2OS/c1-4-5-7(2)9(13)12-10-11-6-8(3)14-10/h6-7H,4-5H2,1-3H3,(H,11,12,13). The third-order valence-electron chi connectivity index (χ3n) is 2.02. The Morgan fingerprint density at radius 2 is 2.43 bits per heavy atom. The number of hydrogen-bond donors (Lipinski definition) is 1. The predicted molar refractivity (Wildman–Crippen MR) is 59.6 cm³/mol. The number of thiazole rings is 1. The fraction of sp³-hybridized carbons (Fsp3) is 0.600. The largest absolute Gasteiger partial charge is 0.302 e. The number of aryl methyl sites for hydroxylation is 1. The number of carbonyl (C=O) groups excluding carboxylic acids is 1. The van der Waals surface area contributed by atoms with Crippen LogP contribution in [0, 0.1) is 12.8 Å². The van der Waals surface area contributed by atoms with Crippen LogP contribution in [0.4, 0.5) is 5.13 Å². The number of carbonyl (C=O) groups is 1. The second-order valence-electron chi connectivity index (χ2n) is 3.46. The van der Waals surface area contributed by atoms with Crippen LogP contribution in [-0.4, -0.2) is 10.9 Å². The average Bonchev–Trinajstić information content (AvgIpc) is 2.51. The lowest BCUT2D eigenvalue weighted by Gasteiger charge is -2.08. The van der Waals surface area contributed by atoms with Crippen molar-refractivity contribution in [2.75, 3.05) is 5.32 Å². The van der Waals surface area contributed by atoms with Gasteiger partial charge in [0.2, 0.25) is 5.91 Å². The minimum atomic E-state index is 0.0706. The van der Waals surface area contributed by atoms with Gasteiger partial charge in [-0.25, -0.2) is 4.98 Å². The van der Waals surface area contributed by atoms with E-state index in [0.717, 1.165) is 17.7 Å². The number of amides is 1. The van der Waals surface area contributed by atoms with E-state index in [1.54, 1.807) is 6.20 Å². The summed E-state index contributed by atoms with van der Waals surface area (Å²) < 4.78 is 0. The van der Waals surface area contributed by atoms with Crippen LogP contribution in [0.5, 0.6) is 0 Å². The van der Waals surface area contributed by atoms with E-state index in [2.05, 4.69) is 17.2 Å². The fourth-order valence-electron chi connectivity index (χ4n) is 1.21. The second kappa shape index (κ2) is 5.10. The zero-order valence-corrected chi connectivity index (χ0v) is 9.65. The molecule has 1 rings (SSSR count). The normalized spacial score (nSPS) is 12.5. The van der Waals surface area contributed by atoms with Crippen molar-refractivity contribution in [3.8, 4) is 0 Å². The van der Waals surface area contributed by atoms with E-state index >= 15 is 0 Å². The lowest BCUT2D eigenvalue weighted by atomic mass is 10.1. The maximum atomic E-state index is 11.6. The highest BCUT2D eigenvalue weighted by atomic mass is 32.1. The molecule has 0 aliphatic rings. The van der Waals surface area contributed by atoms with Crippen molar-refractivity contribution < 1.29 is 4.79 Å². The molecule has 78 valence electrons. The van der Waals surface area contributed by atoms with Gasteiger partial charge < -0.3 is 5.32 Å². The summed E-state index contributed by atoms with van der Waals surface area (Å²) >= 11 is 1.51. The second-order valence-corrected chi connectivity index (χ2v) is 4.69. The van der Waals surface area contributed by atoms with Crippen LogP contribution in [0.3, 0.4) is 0 Å². The monoisotopic (exact) mass is 212 g/mol. The summed E-state index contributed by atoms with van der Waals surface area (Å²) in [6.07, 6.45) is 3.73. The molecule has 0 saturated heterocycles. The van der Waals surface area contributed by atoms with Crippen molar-refractivity contribution >= 4 is 22.4 Å². The molecule has 14 heavy (non-hydrogen) atoms. The van der Waals surface area contributed by atoms with Crippen molar-refractivity contribution in [3.05, 3.63) is 11.1 Å². The Morgan fingerprint density at radius 3 is 2.93 bits per heavy atom. The molecule has 1 aromatic heterocycles. The number of anilines is 1. The van der Waals surface area contributed by atoms with Gasteiger partial charge in [0.1, 0.15) is 0 Å². The summed E-state index contributed by atoms with van der Waals surface area (Å²) in [6.45, 7) is 6.00. The molecule has 0 fully saturated rings. The van der Waals surface area contributed by atoms with Gasteiger partial charge in [0.05, 0.1) is 0 Å². The summed E-state index contributed by atoms with van der Waals surface area (Å²) in [5, 5.41) is 3.52. The molecule has 4 heteroatoms. The summed E-state index contributed by atoms with van der Waals surface area (Å²) in [4.78, 5) is 16.8. The van der Waals surface area contributed by atoms with E-state index < -0.39 is 0 Å². The first kappa shape index (κ1) is 11.2. The smallest absolute Gasteiger partial charge is 0.228 e. The SMILES string of the molecule is CCCC(C)C(=O)Nc1ncc(C)s1. The lowest BCUT2D eigenvalue weighted by molar-refractivity contribution is -0.119. The van der Waals surface area contributed by atoms with Gasteiger partial charge in [0.15, 0.2) is 5.13 Å². The molecule has 1 unspecified atom stereocenters. The Kier molecular flexibility index (Phi) is 4.07. The van der Waals surface area contributed by atoms with Crippen molar-refractivity contribution in [2.24, 2.45) is 5.92 Å². The number of hydrogen-bond acceptors (Lipinski definition) is 3. The van der Waals surface area contributed by atoms with Gasteiger partial charge in [-0.1, -0.05) is 20.3 Å². The Labute approximate surface area is 88.6 Å². The molecule has 0 saturated carbocycles. The molecule has 1 amide bonds. The van der Waals surface area contributed by atoms with Crippen molar-refractivity contribution in [1.82, 2.24) is 4.98 Å². The molecule has 0 radical (unpaired) electrons. The van der Waals surface area contributed by atoms with Gasteiger partial charge in [0, 0.05) is 17.0 Å². The summed E-state index contributed by atoms with van der Waals surface area (Å²) in [5.41, 5.74) is 0. The maximum absolute atomic E-state index is 11.6. The van der Waals surface area contributed by atoms with Gasteiger partial charge in [-0.15, -0.1) is 11.3 Å². The van der Waals surface area contributed by atoms with Gasteiger partial charge in [0.25, 0.3) is 0 Å². The molecule has 0 aliphatic carbocycles. The highest BCUT2D eigenvalue weighted by Gasteiger charge is 2.12. The van der Waals surface area contributed by atoms with Crippen LogP contribution >= 0.6 is 11.3 Å². The molecule has 0 bridgehead atoms. The van der Waals surface area contributed by atoms with Crippen LogP contribution in [0.1, 0.15) is 31.6 Å². The Bertz CT molecular complexity index is 309. The third kappa shape index (κ3) is 3.10. The van der Waals surface area contributed by atoms with Gasteiger partial charge >= 0.3 is 0 Å². The zero-order chi connectivity index (χ0) is 10.6. The van der Waals surface area contributed by atoms with Crippen molar-refractivity contribution in [1.29, 1.82) is 0 Å². The average molecular weight is 212 g/mol. The molecular formula is C10H16N2OS. The predicted octanol–water partition coefficient (Wildman–Crippen LogP) is 2.83. The van der Waals surface area contributed by atoms with Gasteiger partial charge in [-0.2, -0.15) is 0 Å². The Balaban J connectivity index is 2.48. The van der Waals surface area contributed by atoms with E-state index in [9.17, 15) is 4.79 Å². The molecule has 0 aromatic carbocycles. The van der Waals surface area contributed by atoms with Crippen molar-refractivity contribution in [3.63, 3.8) is 0 Å². The minimum Gasteiger partial charge on any atom is -0.302 e. The number of rotatable bonds is 4. The van der Waals surface area contributed by atoms with E-state index in [1.165, 1.54) is 11.3 Å². The molecule has 1 aromatic rings. The Hall–Kier alpha value is -0.900. The molecule has 0 spiro atoms. The number of nitrogens with one attached hydrogen (secondary N) is 1. The first-order valence-corrected chi connectivity index (χ1v) is 5.68. The molecule has 1 atom stereocenters. The first-order chi connectivity index (χ1) is 6.63. The molecular weight excluding hydrogens is 196 g/mol. The minimum absolute atomic E-state index is 0.0706. The molecule has 1 heterocycles. The highest BCUT2D eigenvalue weighted by Crippen LogP contribution is 2.18. The van der Waals surface area contributed by atoms with Crippen molar-refractivity contribution in [2.45, 2.75) is 33.6 Å². The summed E-state index contributed by atoms with van der Waals surface area (Å²) in [7, 11) is 0. The summed E-state index contributed by atoms with van der Waals surface area (Å²) in [5.74, 6) is 0.144. The third-order valence-corrected chi connectivity index (χ3v) is 2.85. The first-order valence-electron chi connectivity index (χ1n) is 4.86. The van der Waals surface area contributed by atoms with Crippen LogP contribution in [0.15, 0.2) is 6.20 Å². The van der Waals surface area contributed by atoms with E-state index in [0.29, 0.717) is 5.13 Å². The molecule has 1 N–H and O–H groups in total. The lowest BCUT2D eigenvalue weighted by Crippen LogP contribution is -2.19. The summed E-state index contributed by atoms with van der Waals surface area (Å²) in [6, 6.07) is 0. The topological polar surface area (TPSA) is 42.0 Å². The highest BCUT2D eigenvalue weighted by molar-refractivity contribution is 7.15. The van der Waals surface area contributed by atoms with Gasteiger partial charge in [-0.05, 0) is 13.3 Å².